The lowest BCUT2D eigenvalue weighted by atomic mass is 10.1. The van der Waals surface area contributed by atoms with E-state index in [1.165, 1.54) is 6.20 Å². The second-order valence-corrected chi connectivity index (χ2v) is 6.73. The Morgan fingerprint density at radius 2 is 1.80 bits per heavy atom. The molecule has 4 rings (SSSR count). The SMILES string of the molecule is NC(=O)c1cc(COc2ccc(NC(=O)Nc3ccc4c(c3)CCO4)cc2)ccn1. The Morgan fingerprint density at radius 1 is 1.03 bits per heavy atom. The summed E-state index contributed by atoms with van der Waals surface area (Å²) in [6.07, 6.45) is 2.36. The number of carbonyl (C=O) groups is 2. The molecule has 1 aromatic heterocycles. The van der Waals surface area contributed by atoms with Crippen LogP contribution in [-0.2, 0) is 13.0 Å². The van der Waals surface area contributed by atoms with E-state index in [0.29, 0.717) is 23.7 Å². The van der Waals surface area contributed by atoms with Gasteiger partial charge in [-0.3, -0.25) is 9.78 Å². The molecular weight excluding hydrogens is 384 g/mol. The maximum absolute atomic E-state index is 12.2. The molecule has 152 valence electrons. The zero-order chi connectivity index (χ0) is 20.9. The van der Waals surface area contributed by atoms with E-state index in [-0.39, 0.29) is 18.3 Å². The van der Waals surface area contributed by atoms with Gasteiger partial charge in [0, 0.05) is 24.0 Å². The Hall–Kier alpha value is -4.07. The van der Waals surface area contributed by atoms with Crippen molar-refractivity contribution in [3.63, 3.8) is 0 Å². The average molecular weight is 404 g/mol. The monoisotopic (exact) mass is 404 g/mol. The first kappa shape index (κ1) is 19.3. The van der Waals surface area contributed by atoms with Crippen molar-refractivity contribution in [2.75, 3.05) is 17.2 Å². The van der Waals surface area contributed by atoms with Gasteiger partial charge in [-0.2, -0.15) is 0 Å². The Labute approximate surface area is 173 Å². The van der Waals surface area contributed by atoms with Crippen LogP contribution in [0.2, 0.25) is 0 Å². The lowest BCUT2D eigenvalue weighted by molar-refractivity contribution is 0.0995. The summed E-state index contributed by atoms with van der Waals surface area (Å²) < 4.78 is 11.2. The van der Waals surface area contributed by atoms with Crippen molar-refractivity contribution in [1.82, 2.24) is 4.98 Å². The van der Waals surface area contributed by atoms with Gasteiger partial charge in [0.2, 0.25) is 0 Å². The number of primary amides is 1. The summed E-state index contributed by atoms with van der Waals surface area (Å²) in [5, 5.41) is 5.60. The van der Waals surface area contributed by atoms with Crippen molar-refractivity contribution < 1.29 is 19.1 Å². The predicted octanol–water partition coefficient (Wildman–Crippen LogP) is 3.34. The largest absolute Gasteiger partial charge is 0.493 e. The smallest absolute Gasteiger partial charge is 0.323 e. The van der Waals surface area contributed by atoms with Crippen LogP contribution in [0.25, 0.3) is 0 Å². The fraction of sp³-hybridized carbons (Fsp3) is 0.136. The minimum absolute atomic E-state index is 0.192. The molecule has 0 radical (unpaired) electrons. The number of urea groups is 1. The molecule has 1 aliphatic heterocycles. The van der Waals surface area contributed by atoms with Crippen molar-refractivity contribution in [3.8, 4) is 11.5 Å². The number of nitrogens with one attached hydrogen (secondary N) is 2. The average Bonchev–Trinajstić information content (AvgIpc) is 3.21. The summed E-state index contributed by atoms with van der Waals surface area (Å²) in [6, 6.07) is 15.6. The molecule has 2 heterocycles. The summed E-state index contributed by atoms with van der Waals surface area (Å²) >= 11 is 0. The third kappa shape index (κ3) is 4.67. The van der Waals surface area contributed by atoms with Gasteiger partial charge in [0.05, 0.1) is 6.61 Å². The van der Waals surface area contributed by atoms with Crippen LogP contribution < -0.4 is 25.8 Å². The van der Waals surface area contributed by atoms with Crippen molar-refractivity contribution in [2.24, 2.45) is 5.73 Å². The summed E-state index contributed by atoms with van der Waals surface area (Å²) in [5.74, 6) is 0.907. The van der Waals surface area contributed by atoms with E-state index < -0.39 is 5.91 Å². The number of hydrogen-bond acceptors (Lipinski definition) is 5. The normalized spacial score (nSPS) is 11.9. The molecule has 8 heteroatoms. The molecule has 2 aromatic carbocycles. The van der Waals surface area contributed by atoms with Gasteiger partial charge in [-0.1, -0.05) is 0 Å². The number of ether oxygens (including phenoxy) is 2. The topological polar surface area (TPSA) is 116 Å². The summed E-state index contributed by atoms with van der Waals surface area (Å²) in [4.78, 5) is 27.3. The van der Waals surface area contributed by atoms with E-state index in [1.807, 2.05) is 18.2 Å². The first-order valence-electron chi connectivity index (χ1n) is 9.38. The van der Waals surface area contributed by atoms with Crippen LogP contribution in [0.1, 0.15) is 21.6 Å². The molecule has 0 spiro atoms. The molecular formula is C22H20N4O4. The number of benzene rings is 2. The summed E-state index contributed by atoms with van der Waals surface area (Å²) in [7, 11) is 0. The number of nitrogens with zero attached hydrogens (tertiary/aromatic N) is 1. The van der Waals surface area contributed by atoms with Crippen LogP contribution >= 0.6 is 0 Å². The molecule has 0 atom stereocenters. The maximum Gasteiger partial charge on any atom is 0.323 e. The highest BCUT2D eigenvalue weighted by Crippen LogP contribution is 2.28. The molecule has 3 amide bonds. The van der Waals surface area contributed by atoms with Gasteiger partial charge < -0.3 is 25.8 Å². The highest BCUT2D eigenvalue weighted by Gasteiger charge is 2.13. The molecule has 8 nitrogen and oxygen atoms in total. The minimum Gasteiger partial charge on any atom is -0.493 e. The molecule has 3 aromatic rings. The van der Waals surface area contributed by atoms with Gasteiger partial charge in [0.15, 0.2) is 0 Å². The quantitative estimate of drug-likeness (QED) is 0.583. The summed E-state index contributed by atoms with van der Waals surface area (Å²) in [5.41, 5.74) is 8.63. The van der Waals surface area contributed by atoms with Gasteiger partial charge in [-0.05, 0) is 65.7 Å². The van der Waals surface area contributed by atoms with Crippen LogP contribution in [0.3, 0.4) is 0 Å². The molecule has 0 saturated carbocycles. The molecule has 0 aliphatic carbocycles. The molecule has 0 unspecified atom stereocenters. The van der Waals surface area contributed by atoms with E-state index >= 15 is 0 Å². The lowest BCUT2D eigenvalue weighted by Crippen LogP contribution is -2.19. The van der Waals surface area contributed by atoms with Crippen LogP contribution in [0.5, 0.6) is 11.5 Å². The van der Waals surface area contributed by atoms with Gasteiger partial charge in [-0.15, -0.1) is 0 Å². The zero-order valence-electron chi connectivity index (χ0n) is 16.1. The van der Waals surface area contributed by atoms with E-state index in [1.54, 1.807) is 36.4 Å². The van der Waals surface area contributed by atoms with Crippen LogP contribution in [0.15, 0.2) is 60.8 Å². The second-order valence-electron chi connectivity index (χ2n) is 6.73. The molecule has 0 fully saturated rings. The number of pyridine rings is 1. The van der Waals surface area contributed by atoms with Gasteiger partial charge in [0.1, 0.15) is 23.8 Å². The van der Waals surface area contributed by atoms with E-state index in [0.717, 1.165) is 23.3 Å². The summed E-state index contributed by atoms with van der Waals surface area (Å²) in [6.45, 7) is 0.935. The Kier molecular flexibility index (Phi) is 5.47. The molecule has 1 aliphatic rings. The number of nitrogens with two attached hydrogens (primary N) is 1. The molecule has 30 heavy (non-hydrogen) atoms. The fourth-order valence-electron chi connectivity index (χ4n) is 3.06. The number of rotatable bonds is 6. The van der Waals surface area contributed by atoms with E-state index in [9.17, 15) is 9.59 Å². The number of hydrogen-bond donors (Lipinski definition) is 3. The van der Waals surface area contributed by atoms with E-state index in [4.69, 9.17) is 15.2 Å². The highest BCUT2D eigenvalue weighted by molar-refractivity contribution is 5.99. The zero-order valence-corrected chi connectivity index (χ0v) is 16.1. The van der Waals surface area contributed by atoms with Gasteiger partial charge >= 0.3 is 6.03 Å². The number of amides is 3. The number of carbonyl (C=O) groups excluding carboxylic acids is 2. The van der Waals surface area contributed by atoms with Crippen LogP contribution in [0.4, 0.5) is 16.2 Å². The lowest BCUT2D eigenvalue weighted by Gasteiger charge is -2.10. The predicted molar refractivity (Wildman–Crippen MR) is 112 cm³/mol. The first-order chi connectivity index (χ1) is 14.6. The molecule has 0 bridgehead atoms. The van der Waals surface area contributed by atoms with Crippen LogP contribution in [-0.4, -0.2) is 23.5 Å². The Bertz CT molecular complexity index is 1080. The highest BCUT2D eigenvalue weighted by atomic mass is 16.5. The number of anilines is 2. The number of fused-ring (bicyclic) bond motifs is 1. The standard InChI is InChI=1S/C22H20N4O4/c23-21(27)19-11-14(7-9-24-19)13-30-18-4-1-16(2-5-18)25-22(28)26-17-3-6-20-15(12-17)8-10-29-20/h1-7,9,11-12H,8,10,13H2,(H2,23,27)(H2,25,26,28). The Balaban J connectivity index is 1.30. The molecule has 0 saturated heterocycles. The number of aromatic nitrogens is 1. The van der Waals surface area contributed by atoms with Crippen molar-refractivity contribution in [3.05, 3.63) is 77.6 Å². The van der Waals surface area contributed by atoms with Gasteiger partial charge in [-0.25, -0.2) is 4.79 Å². The Morgan fingerprint density at radius 3 is 2.60 bits per heavy atom. The third-order valence-corrected chi connectivity index (χ3v) is 4.54. The van der Waals surface area contributed by atoms with Crippen molar-refractivity contribution in [2.45, 2.75) is 13.0 Å². The van der Waals surface area contributed by atoms with Gasteiger partial charge in [0.25, 0.3) is 5.91 Å². The maximum atomic E-state index is 12.2. The third-order valence-electron chi connectivity index (χ3n) is 4.54. The van der Waals surface area contributed by atoms with Crippen molar-refractivity contribution >= 4 is 23.3 Å². The van der Waals surface area contributed by atoms with Crippen LogP contribution in [0, 0.1) is 0 Å². The minimum atomic E-state index is -0.584. The second kappa shape index (κ2) is 8.52. The fourth-order valence-corrected chi connectivity index (χ4v) is 3.06. The first-order valence-corrected chi connectivity index (χ1v) is 9.38. The molecule has 4 N–H and O–H groups in total. The van der Waals surface area contributed by atoms with E-state index in [2.05, 4.69) is 15.6 Å². The van der Waals surface area contributed by atoms with Crippen molar-refractivity contribution in [1.29, 1.82) is 0 Å².